The Kier molecular flexibility index (Phi) is 11.3. The van der Waals surface area contributed by atoms with E-state index in [0.717, 1.165) is 11.2 Å². The van der Waals surface area contributed by atoms with Crippen molar-refractivity contribution in [2.24, 2.45) is 0 Å². The van der Waals surface area contributed by atoms with E-state index in [1.54, 1.807) is 0 Å². The third-order valence-electron chi connectivity index (χ3n) is 18.2. The third kappa shape index (κ3) is 5.97. The average molecular weight is 780 g/mol. The Labute approximate surface area is 398 Å². The Hall–Kier alpha value is -3.58. The largest absolute Gasteiger partial charge is 0.457 e. The molecule has 0 aliphatic carbocycles. The highest BCUT2D eigenvalue weighted by Crippen LogP contribution is 2.39. The first-order valence-corrected chi connectivity index (χ1v) is 23.4. The fourth-order valence-electron chi connectivity index (χ4n) is 12.2. The third-order valence-corrected chi connectivity index (χ3v) is 18.2. The van der Waals surface area contributed by atoms with Crippen molar-refractivity contribution in [3.8, 4) is 33.4 Å². The molecule has 0 spiro atoms. The van der Waals surface area contributed by atoms with Crippen molar-refractivity contribution in [3.63, 3.8) is 0 Å². The van der Waals surface area contributed by atoms with Crippen molar-refractivity contribution in [1.29, 1.82) is 0 Å². The topological polar surface area (TPSA) is 13.1 Å². The number of hydrogen-bond acceptors (Lipinski definition) is 1. The van der Waals surface area contributed by atoms with Crippen LogP contribution in [0.3, 0.4) is 0 Å². The van der Waals surface area contributed by atoms with Gasteiger partial charge < -0.3 is 4.42 Å². The minimum Gasteiger partial charge on any atom is -0.457 e. The van der Waals surface area contributed by atoms with Gasteiger partial charge in [-0.25, -0.2) is 0 Å². The summed E-state index contributed by atoms with van der Waals surface area (Å²) in [6.07, 6.45) is 0. The van der Waals surface area contributed by atoms with Crippen LogP contribution in [0.4, 0.5) is 0 Å². The van der Waals surface area contributed by atoms with Gasteiger partial charge in [0.05, 0.1) is 0 Å². The lowest BCUT2D eigenvalue weighted by Crippen LogP contribution is -2.55. The van der Waals surface area contributed by atoms with Gasteiger partial charge in [0.1, 0.15) is 199 Å². The Morgan fingerprint density at radius 3 is 0.667 bits per heavy atom. The molecule has 1 aromatic heterocycles. The summed E-state index contributed by atoms with van der Waals surface area (Å²) in [5, 5.41) is 8.22. The molecule has 8 rings (SSSR count). The van der Waals surface area contributed by atoms with Gasteiger partial charge in [-0.1, -0.05) is 87.4 Å². The molecule has 0 N–H and O–H groups in total. The minimum absolute atomic E-state index is 1.03. The number of hydrogen-bond donors (Lipinski definition) is 0. The lowest BCUT2D eigenvalue weighted by Gasteiger charge is -2.32. The molecule has 0 aliphatic heterocycles. The molecule has 0 atom stereocenters. The Morgan fingerprint density at radius 2 is 0.333 bits per heavy atom. The van der Waals surface area contributed by atoms with Crippen LogP contribution in [0.25, 0.3) is 76.9 Å². The van der Waals surface area contributed by atoms with Crippen LogP contribution in [-0.4, -0.2) is 188 Å². The van der Waals surface area contributed by atoms with E-state index in [9.17, 15) is 0 Å². The molecule has 1 heterocycles. The van der Waals surface area contributed by atoms with Crippen molar-refractivity contribution in [1.82, 2.24) is 0 Å². The van der Waals surface area contributed by atoms with Crippen LogP contribution in [0.1, 0.15) is 0 Å². The van der Waals surface area contributed by atoms with Crippen molar-refractivity contribution in [2.75, 3.05) is 0 Å². The molecule has 0 saturated heterocycles. The van der Waals surface area contributed by atoms with Crippen LogP contribution in [0.15, 0.2) is 4.42 Å². The van der Waals surface area contributed by atoms with Crippen LogP contribution in [0, 0.1) is 0 Å². The van der Waals surface area contributed by atoms with Crippen LogP contribution in [0.2, 0.25) is 0 Å². The normalized spacial score (nSPS) is 11.7. The smallest absolute Gasteiger partial charge is 0.143 e. The molecular weight excluding hydrogens is 732 g/mol. The molecule has 0 amide bonds. The van der Waals surface area contributed by atoms with Crippen LogP contribution >= 0.6 is 0 Å². The Balaban J connectivity index is 1.66. The highest BCUT2D eigenvalue weighted by Gasteiger charge is 2.31. The molecule has 25 heteroatoms. The van der Waals surface area contributed by atoms with Gasteiger partial charge in [0.2, 0.25) is 0 Å². The van der Waals surface area contributed by atoms with E-state index < -0.39 is 0 Å². The van der Waals surface area contributed by atoms with E-state index >= 15 is 0 Å². The summed E-state index contributed by atoms with van der Waals surface area (Å²) in [7, 11) is 56.4. The summed E-state index contributed by atoms with van der Waals surface area (Å²) in [5.41, 5.74) is 43.2. The maximum Gasteiger partial charge on any atom is 0.143 e. The lowest BCUT2D eigenvalue weighted by molar-refractivity contribution is 0.675. The van der Waals surface area contributed by atoms with Crippen molar-refractivity contribution in [3.05, 3.63) is 0 Å². The second-order valence-corrected chi connectivity index (χ2v) is 20.3. The van der Waals surface area contributed by atoms with Crippen LogP contribution in [-0.2, 0) is 0 Å². The summed E-state index contributed by atoms with van der Waals surface area (Å²) in [6.45, 7) is 0. The zero-order chi connectivity index (χ0) is 46.6. The SMILES string of the molecule is Bc1c(B)c(B)c(-c2c3c(B)c(B)c(B)c(B)c3c(-c3c(B)c(B)c(-c4c(B)c(B)c(B)c5oc6c(B)c(B)c(B)c(B)c6c45)c(B)c3B)c3c(B)c(B)c(B)c(B)c23)c(B)c1B. The van der Waals surface area contributed by atoms with E-state index in [2.05, 4.69) is 188 Å². The Bertz CT molecular complexity index is 3360. The number of benzene rings is 7. The van der Waals surface area contributed by atoms with Crippen molar-refractivity contribution in [2.45, 2.75) is 0 Å². The zero-order valence-corrected chi connectivity index (χ0v) is 43.4. The van der Waals surface area contributed by atoms with Gasteiger partial charge in [-0.15, -0.1) is 43.7 Å². The van der Waals surface area contributed by atoms with E-state index in [4.69, 9.17) is 4.42 Å². The van der Waals surface area contributed by atoms with E-state index in [-0.39, 0.29) is 0 Å². The van der Waals surface area contributed by atoms with Crippen molar-refractivity contribution >= 4 is 363 Å². The van der Waals surface area contributed by atoms with Crippen LogP contribution in [0.5, 0.6) is 0 Å². The highest BCUT2D eigenvalue weighted by molar-refractivity contribution is 6.76. The van der Waals surface area contributed by atoms with Gasteiger partial charge in [-0.2, -0.15) is 0 Å². The van der Waals surface area contributed by atoms with Gasteiger partial charge in [-0.05, 0) is 54.9 Å². The predicted octanol–water partition coefficient (Wildman–Crippen LogP) is -30.9. The first kappa shape index (κ1) is 46.0. The quantitative estimate of drug-likeness (QED) is 0.129. The number of furan rings is 1. The first-order chi connectivity index (χ1) is 29.3. The van der Waals surface area contributed by atoms with E-state index in [0.29, 0.717) is 0 Å². The van der Waals surface area contributed by atoms with Gasteiger partial charge in [0.25, 0.3) is 0 Å². The standard InChI is InChI=1S/C38H48B24O/c39-13-3-1(4-6(16(42)28(54)26(52)14(4)40)2(5(3)15(41)27(53)25(13)51)10-22(48)29(55)33(59)30(56)23(10)49)9-18(44)20(46)11(21(47)19(9)45)7-8-12-24(50)31(57)34(60)36(62)38(12)63-37(8)35(61)32(58)17(7)43/h39-62H2. The summed E-state index contributed by atoms with van der Waals surface area (Å²) in [6, 6.07) is 0. The molecule has 8 aromatic rings. The molecule has 278 valence electrons. The zero-order valence-electron chi connectivity index (χ0n) is 43.4. The highest BCUT2D eigenvalue weighted by atomic mass is 16.3. The molecule has 0 unspecified atom stereocenters. The molecule has 0 radical (unpaired) electrons. The van der Waals surface area contributed by atoms with Gasteiger partial charge >= 0.3 is 0 Å². The maximum absolute atomic E-state index is 7.03. The molecule has 63 heavy (non-hydrogen) atoms. The molecule has 0 bridgehead atoms. The van der Waals surface area contributed by atoms with Gasteiger partial charge in [-0.3, -0.25) is 0 Å². The maximum atomic E-state index is 7.03. The number of fused-ring (bicyclic) bond motifs is 5. The first-order valence-electron chi connectivity index (χ1n) is 23.4. The lowest BCUT2D eigenvalue weighted by atomic mass is 9.55. The molecule has 0 fully saturated rings. The summed E-state index contributed by atoms with van der Waals surface area (Å²) in [5.74, 6) is 0. The van der Waals surface area contributed by atoms with Gasteiger partial charge in [0, 0.05) is 10.8 Å². The van der Waals surface area contributed by atoms with Crippen LogP contribution < -0.4 is 131 Å². The molecular formula is C38H48B24O. The fraction of sp³-hybridized carbons (Fsp3) is 0. The second-order valence-electron chi connectivity index (χ2n) is 20.3. The molecule has 1 nitrogen and oxygen atoms in total. The van der Waals surface area contributed by atoms with E-state index in [1.165, 1.54) is 197 Å². The van der Waals surface area contributed by atoms with Gasteiger partial charge in [0.15, 0.2) is 0 Å². The summed E-state index contributed by atoms with van der Waals surface area (Å²) >= 11 is 0. The minimum atomic E-state index is 1.03. The molecule has 0 aliphatic rings. The van der Waals surface area contributed by atoms with Crippen molar-refractivity contribution < 1.29 is 4.42 Å². The molecule has 0 saturated carbocycles. The molecule has 7 aromatic carbocycles. The van der Waals surface area contributed by atoms with E-state index in [1.807, 2.05) is 0 Å². The second kappa shape index (κ2) is 15.5. The fourth-order valence-corrected chi connectivity index (χ4v) is 12.2. The predicted molar refractivity (Wildman–Crippen MR) is 361 cm³/mol. The monoisotopic (exact) mass is 785 g/mol. The number of rotatable bonds is 3. The Morgan fingerprint density at radius 1 is 0.143 bits per heavy atom. The summed E-state index contributed by atoms with van der Waals surface area (Å²) < 4.78 is 7.03. The summed E-state index contributed by atoms with van der Waals surface area (Å²) in [4.78, 5) is 0. The average Bonchev–Trinajstić information content (AvgIpc) is 3.66.